The zero-order valence-corrected chi connectivity index (χ0v) is 11.3. The zero-order valence-electron chi connectivity index (χ0n) is 11.3. The maximum absolute atomic E-state index is 3.86. The fraction of sp³-hybridized carbons (Fsp3) is 0.647. The Morgan fingerprint density at radius 1 is 0.944 bits per heavy atom. The second-order valence-electron chi connectivity index (χ2n) is 6.22. The highest BCUT2D eigenvalue weighted by Gasteiger charge is 2.38. The number of rotatable bonds is 4. The molecular weight excluding hydrogens is 218 g/mol. The van der Waals surface area contributed by atoms with Gasteiger partial charge in [0.05, 0.1) is 0 Å². The Morgan fingerprint density at radius 3 is 2.28 bits per heavy atom. The number of nitrogens with one attached hydrogen (secondary N) is 1. The van der Waals surface area contributed by atoms with Crippen molar-refractivity contribution in [3.63, 3.8) is 0 Å². The largest absolute Gasteiger partial charge is 0.313 e. The highest BCUT2D eigenvalue weighted by atomic mass is 14.9. The Bertz CT molecular complexity index is 360. The van der Waals surface area contributed by atoms with E-state index >= 15 is 0 Å². The third kappa shape index (κ3) is 2.47. The highest BCUT2D eigenvalue weighted by molar-refractivity contribution is 5.28. The van der Waals surface area contributed by atoms with Crippen molar-refractivity contribution in [2.45, 2.75) is 62.8 Å². The molecule has 2 aliphatic carbocycles. The van der Waals surface area contributed by atoms with Crippen LogP contribution in [-0.2, 0) is 5.41 Å². The van der Waals surface area contributed by atoms with Gasteiger partial charge in [-0.2, -0.15) is 0 Å². The summed E-state index contributed by atoms with van der Waals surface area (Å²) in [5.41, 5.74) is 2.01. The monoisotopic (exact) mass is 243 g/mol. The lowest BCUT2D eigenvalue weighted by atomic mass is 9.64. The summed E-state index contributed by atoms with van der Waals surface area (Å²) in [6, 6.07) is 11.9. The molecule has 2 fully saturated rings. The summed E-state index contributed by atoms with van der Waals surface area (Å²) in [4.78, 5) is 0. The van der Waals surface area contributed by atoms with Crippen LogP contribution in [0.25, 0.3) is 0 Å². The van der Waals surface area contributed by atoms with Crippen molar-refractivity contribution < 1.29 is 0 Å². The third-order valence-corrected chi connectivity index (χ3v) is 5.03. The van der Waals surface area contributed by atoms with Crippen LogP contribution in [0.1, 0.15) is 56.9 Å². The van der Waals surface area contributed by atoms with E-state index in [4.69, 9.17) is 0 Å². The molecule has 0 spiro atoms. The fourth-order valence-corrected chi connectivity index (χ4v) is 3.61. The maximum atomic E-state index is 3.86. The molecule has 0 aliphatic heterocycles. The van der Waals surface area contributed by atoms with E-state index in [1.165, 1.54) is 57.9 Å². The van der Waals surface area contributed by atoms with Gasteiger partial charge in [0, 0.05) is 18.0 Å². The minimum atomic E-state index is 0.457. The van der Waals surface area contributed by atoms with Gasteiger partial charge in [-0.3, -0.25) is 0 Å². The minimum absolute atomic E-state index is 0.457. The summed E-state index contributed by atoms with van der Waals surface area (Å²) < 4.78 is 0. The van der Waals surface area contributed by atoms with E-state index in [-0.39, 0.29) is 0 Å². The van der Waals surface area contributed by atoms with Gasteiger partial charge in [-0.1, -0.05) is 56.0 Å². The molecule has 0 atom stereocenters. The van der Waals surface area contributed by atoms with E-state index in [1.54, 1.807) is 5.56 Å². The SMILES string of the molecule is c1ccc(C2(CNC3CCCCC3)CCC2)cc1. The minimum Gasteiger partial charge on any atom is -0.313 e. The average Bonchev–Trinajstić information content (AvgIpc) is 2.40. The fourth-order valence-electron chi connectivity index (χ4n) is 3.61. The molecule has 0 amide bonds. The van der Waals surface area contributed by atoms with Crippen molar-refractivity contribution in [1.82, 2.24) is 5.32 Å². The predicted molar refractivity (Wildman–Crippen MR) is 76.8 cm³/mol. The molecule has 3 rings (SSSR count). The Hall–Kier alpha value is -0.820. The number of hydrogen-bond acceptors (Lipinski definition) is 1. The first-order valence-corrected chi connectivity index (χ1v) is 7.68. The number of benzene rings is 1. The summed E-state index contributed by atoms with van der Waals surface area (Å²) in [6.45, 7) is 1.20. The standard InChI is InChI=1S/C17H25N/c1-3-8-15(9-4-1)17(12-7-13-17)14-18-16-10-5-2-6-11-16/h1,3-4,8-9,16,18H,2,5-7,10-14H2. The van der Waals surface area contributed by atoms with Gasteiger partial charge in [0.1, 0.15) is 0 Å². The van der Waals surface area contributed by atoms with Crippen LogP contribution in [0.2, 0.25) is 0 Å². The van der Waals surface area contributed by atoms with Gasteiger partial charge in [-0.15, -0.1) is 0 Å². The summed E-state index contributed by atoms with van der Waals surface area (Å²) in [5, 5.41) is 3.86. The first-order chi connectivity index (χ1) is 8.89. The van der Waals surface area contributed by atoms with Crippen LogP contribution < -0.4 is 5.32 Å². The quantitative estimate of drug-likeness (QED) is 0.842. The normalized spacial score (nSPS) is 23.6. The van der Waals surface area contributed by atoms with Gasteiger partial charge >= 0.3 is 0 Å². The van der Waals surface area contributed by atoms with Gasteiger partial charge in [0.2, 0.25) is 0 Å². The molecule has 1 aromatic rings. The lowest BCUT2D eigenvalue weighted by Crippen LogP contribution is -2.47. The van der Waals surface area contributed by atoms with Crippen LogP contribution >= 0.6 is 0 Å². The van der Waals surface area contributed by atoms with Gasteiger partial charge in [-0.25, -0.2) is 0 Å². The van der Waals surface area contributed by atoms with Crippen molar-refractivity contribution in [3.8, 4) is 0 Å². The topological polar surface area (TPSA) is 12.0 Å². The van der Waals surface area contributed by atoms with Crippen LogP contribution in [-0.4, -0.2) is 12.6 Å². The van der Waals surface area contributed by atoms with Gasteiger partial charge in [-0.05, 0) is 31.2 Å². The average molecular weight is 243 g/mol. The molecule has 2 aliphatic rings. The van der Waals surface area contributed by atoms with Crippen molar-refractivity contribution in [3.05, 3.63) is 35.9 Å². The van der Waals surface area contributed by atoms with E-state index in [1.807, 2.05) is 0 Å². The first-order valence-electron chi connectivity index (χ1n) is 7.68. The van der Waals surface area contributed by atoms with Crippen LogP contribution in [0.15, 0.2) is 30.3 Å². The van der Waals surface area contributed by atoms with Crippen LogP contribution in [0, 0.1) is 0 Å². The first kappa shape index (κ1) is 12.2. The molecular formula is C17H25N. The zero-order chi connectivity index (χ0) is 12.3. The van der Waals surface area contributed by atoms with E-state index in [0.717, 1.165) is 6.04 Å². The molecule has 0 heterocycles. The molecule has 98 valence electrons. The van der Waals surface area contributed by atoms with Gasteiger partial charge < -0.3 is 5.32 Å². The van der Waals surface area contributed by atoms with Crippen LogP contribution in [0.3, 0.4) is 0 Å². The van der Waals surface area contributed by atoms with Crippen molar-refractivity contribution in [2.75, 3.05) is 6.54 Å². The Labute approximate surface area is 111 Å². The molecule has 1 heteroatoms. The van der Waals surface area contributed by atoms with Crippen LogP contribution in [0.5, 0.6) is 0 Å². The number of hydrogen-bond donors (Lipinski definition) is 1. The summed E-state index contributed by atoms with van der Waals surface area (Å²) in [7, 11) is 0. The second-order valence-corrected chi connectivity index (χ2v) is 6.22. The van der Waals surface area contributed by atoms with Crippen LogP contribution in [0.4, 0.5) is 0 Å². The summed E-state index contributed by atoms with van der Waals surface area (Å²) >= 11 is 0. The van der Waals surface area contributed by atoms with E-state index in [0.29, 0.717) is 5.41 Å². The molecule has 0 aromatic heterocycles. The maximum Gasteiger partial charge on any atom is 0.00779 e. The van der Waals surface area contributed by atoms with Crippen molar-refractivity contribution in [2.24, 2.45) is 0 Å². The smallest absolute Gasteiger partial charge is 0.00779 e. The Morgan fingerprint density at radius 2 is 1.67 bits per heavy atom. The highest BCUT2D eigenvalue weighted by Crippen LogP contribution is 2.43. The van der Waals surface area contributed by atoms with Gasteiger partial charge in [0.25, 0.3) is 0 Å². The third-order valence-electron chi connectivity index (χ3n) is 5.03. The Kier molecular flexibility index (Phi) is 3.69. The van der Waals surface area contributed by atoms with E-state index < -0.39 is 0 Å². The molecule has 1 N–H and O–H groups in total. The Balaban J connectivity index is 1.62. The molecule has 0 saturated heterocycles. The molecule has 0 radical (unpaired) electrons. The van der Waals surface area contributed by atoms with Gasteiger partial charge in [0.15, 0.2) is 0 Å². The van der Waals surface area contributed by atoms with E-state index in [2.05, 4.69) is 35.6 Å². The van der Waals surface area contributed by atoms with E-state index in [9.17, 15) is 0 Å². The molecule has 0 unspecified atom stereocenters. The van der Waals surface area contributed by atoms with Crippen molar-refractivity contribution >= 4 is 0 Å². The predicted octanol–water partition coefficient (Wildman–Crippen LogP) is 4.03. The molecule has 18 heavy (non-hydrogen) atoms. The van der Waals surface area contributed by atoms with Crippen molar-refractivity contribution in [1.29, 1.82) is 0 Å². The lowest BCUT2D eigenvalue weighted by Gasteiger charge is -2.44. The summed E-state index contributed by atoms with van der Waals surface area (Å²) in [5.74, 6) is 0. The summed E-state index contributed by atoms with van der Waals surface area (Å²) in [6.07, 6.45) is 11.2. The molecule has 2 saturated carbocycles. The molecule has 1 aromatic carbocycles. The second kappa shape index (κ2) is 5.44. The molecule has 1 nitrogen and oxygen atoms in total. The lowest BCUT2D eigenvalue weighted by molar-refractivity contribution is 0.215. The molecule has 0 bridgehead atoms.